The summed E-state index contributed by atoms with van der Waals surface area (Å²) in [4.78, 5) is 51.7. The Hall–Kier alpha value is -3.14. The Kier molecular flexibility index (Phi) is 9.89. The van der Waals surface area contributed by atoms with Gasteiger partial charge in [-0.3, -0.25) is 14.4 Å². The molecule has 1 aromatic rings. The average Bonchev–Trinajstić information content (AvgIpc) is 2.89. The highest BCUT2D eigenvalue weighted by molar-refractivity contribution is 5.82. The molecule has 0 aromatic heterocycles. The zero-order valence-corrected chi connectivity index (χ0v) is 20.1. The molecule has 2 atom stereocenters. The number of nitrogens with zero attached hydrogens (tertiary/aromatic N) is 2. The van der Waals surface area contributed by atoms with E-state index in [-0.39, 0.29) is 37.0 Å². The minimum Gasteiger partial charge on any atom is -0.480 e. The molecular formula is C25H36N4O6. The van der Waals surface area contributed by atoms with Crippen molar-refractivity contribution in [2.24, 2.45) is 17.6 Å². The van der Waals surface area contributed by atoms with Gasteiger partial charge in [0.15, 0.2) is 0 Å². The minimum atomic E-state index is -1.17. The average molecular weight is 489 g/mol. The third-order valence-corrected chi connectivity index (χ3v) is 6.80. The van der Waals surface area contributed by atoms with E-state index in [0.717, 1.165) is 31.2 Å². The predicted molar refractivity (Wildman–Crippen MR) is 128 cm³/mol. The fourth-order valence-corrected chi connectivity index (χ4v) is 4.56. The SMILES string of the molecule is N[C@H](CNC(=O)[C@@H]1CCCN(C(=O)CCC2CCN(C(=O)OCc3ccccc3)CC2)C1)C(=O)O. The van der Waals surface area contributed by atoms with Crippen LogP contribution in [0, 0.1) is 11.8 Å². The number of carboxylic acids is 1. The third kappa shape index (κ3) is 8.24. The summed E-state index contributed by atoms with van der Waals surface area (Å²) in [5.74, 6) is -1.36. The number of nitrogens with two attached hydrogens (primary N) is 1. The van der Waals surface area contributed by atoms with E-state index in [2.05, 4.69) is 5.32 Å². The number of hydrogen-bond donors (Lipinski definition) is 3. The molecule has 3 rings (SSSR count). The van der Waals surface area contributed by atoms with Gasteiger partial charge in [-0.05, 0) is 43.6 Å². The molecule has 0 saturated carbocycles. The summed E-state index contributed by atoms with van der Waals surface area (Å²) in [6, 6.07) is 8.44. The van der Waals surface area contributed by atoms with Gasteiger partial charge < -0.3 is 30.7 Å². The molecule has 2 aliphatic rings. The molecule has 35 heavy (non-hydrogen) atoms. The van der Waals surface area contributed by atoms with Gasteiger partial charge in [0.1, 0.15) is 12.6 Å². The Morgan fingerprint density at radius 3 is 2.46 bits per heavy atom. The minimum absolute atomic E-state index is 0.0365. The molecular weight excluding hydrogens is 452 g/mol. The molecule has 0 aliphatic carbocycles. The molecule has 0 spiro atoms. The number of amides is 3. The summed E-state index contributed by atoms with van der Waals surface area (Å²) in [6.45, 7) is 2.35. The van der Waals surface area contributed by atoms with Crippen LogP contribution in [0.4, 0.5) is 4.79 Å². The van der Waals surface area contributed by atoms with Crippen LogP contribution in [0.15, 0.2) is 30.3 Å². The Morgan fingerprint density at radius 2 is 1.77 bits per heavy atom. The van der Waals surface area contributed by atoms with Gasteiger partial charge in [-0.15, -0.1) is 0 Å². The third-order valence-electron chi connectivity index (χ3n) is 6.80. The summed E-state index contributed by atoms with van der Waals surface area (Å²) >= 11 is 0. The molecule has 0 unspecified atom stereocenters. The zero-order valence-electron chi connectivity index (χ0n) is 20.1. The van der Waals surface area contributed by atoms with Crippen LogP contribution < -0.4 is 11.1 Å². The lowest BCUT2D eigenvalue weighted by Gasteiger charge is -2.34. The number of carbonyl (C=O) groups is 4. The highest BCUT2D eigenvalue weighted by Gasteiger charge is 2.30. The van der Waals surface area contributed by atoms with Crippen LogP contribution in [0.3, 0.4) is 0 Å². The van der Waals surface area contributed by atoms with E-state index >= 15 is 0 Å². The normalized spacial score (nSPS) is 19.6. The lowest BCUT2D eigenvalue weighted by Crippen LogP contribution is -2.48. The maximum absolute atomic E-state index is 12.8. The lowest BCUT2D eigenvalue weighted by atomic mass is 9.91. The molecule has 1 aromatic carbocycles. The Bertz CT molecular complexity index is 872. The van der Waals surface area contributed by atoms with E-state index in [4.69, 9.17) is 15.6 Å². The Balaban J connectivity index is 1.34. The first kappa shape index (κ1) is 26.5. The topological polar surface area (TPSA) is 142 Å². The van der Waals surface area contributed by atoms with Crippen molar-refractivity contribution in [3.05, 3.63) is 35.9 Å². The largest absolute Gasteiger partial charge is 0.480 e. The molecule has 2 aliphatic heterocycles. The smallest absolute Gasteiger partial charge is 0.410 e. The monoisotopic (exact) mass is 488 g/mol. The predicted octanol–water partition coefficient (Wildman–Crippen LogP) is 1.58. The number of benzene rings is 1. The Labute approximate surface area is 205 Å². The molecule has 0 bridgehead atoms. The number of likely N-dealkylation sites (tertiary alicyclic amines) is 2. The van der Waals surface area contributed by atoms with Gasteiger partial charge in [0, 0.05) is 39.1 Å². The maximum Gasteiger partial charge on any atom is 0.410 e. The Morgan fingerprint density at radius 1 is 1.06 bits per heavy atom. The van der Waals surface area contributed by atoms with Gasteiger partial charge >= 0.3 is 12.1 Å². The number of aliphatic carboxylic acids is 1. The van der Waals surface area contributed by atoms with Crippen molar-refractivity contribution in [1.29, 1.82) is 0 Å². The van der Waals surface area contributed by atoms with Crippen molar-refractivity contribution in [2.45, 2.75) is 51.2 Å². The van der Waals surface area contributed by atoms with Gasteiger partial charge in [-0.25, -0.2) is 4.79 Å². The maximum atomic E-state index is 12.8. The fourth-order valence-electron chi connectivity index (χ4n) is 4.56. The first-order valence-electron chi connectivity index (χ1n) is 12.3. The van der Waals surface area contributed by atoms with Crippen molar-refractivity contribution in [1.82, 2.24) is 15.1 Å². The first-order valence-corrected chi connectivity index (χ1v) is 12.3. The highest BCUT2D eigenvalue weighted by Crippen LogP contribution is 2.24. The molecule has 0 radical (unpaired) electrons. The highest BCUT2D eigenvalue weighted by atomic mass is 16.6. The van der Waals surface area contributed by atoms with Crippen LogP contribution in [0.2, 0.25) is 0 Å². The molecule has 192 valence electrons. The van der Waals surface area contributed by atoms with Crippen molar-refractivity contribution < 1.29 is 29.0 Å². The van der Waals surface area contributed by atoms with Crippen molar-refractivity contribution in [3.8, 4) is 0 Å². The van der Waals surface area contributed by atoms with Crippen LogP contribution >= 0.6 is 0 Å². The van der Waals surface area contributed by atoms with Crippen LogP contribution in [0.1, 0.15) is 44.1 Å². The zero-order chi connectivity index (χ0) is 25.2. The first-order chi connectivity index (χ1) is 16.8. The van der Waals surface area contributed by atoms with E-state index < -0.39 is 12.0 Å². The number of hydrogen-bond acceptors (Lipinski definition) is 6. The van der Waals surface area contributed by atoms with Crippen LogP contribution in [-0.4, -0.2) is 77.5 Å². The molecule has 2 saturated heterocycles. The number of ether oxygens (including phenoxy) is 1. The summed E-state index contributed by atoms with van der Waals surface area (Å²) < 4.78 is 5.41. The number of nitrogens with one attached hydrogen (secondary N) is 1. The molecule has 2 fully saturated rings. The quantitative estimate of drug-likeness (QED) is 0.479. The van der Waals surface area contributed by atoms with Crippen molar-refractivity contribution >= 4 is 23.9 Å². The van der Waals surface area contributed by atoms with E-state index in [9.17, 15) is 19.2 Å². The van der Waals surface area contributed by atoms with E-state index in [1.165, 1.54) is 0 Å². The van der Waals surface area contributed by atoms with Gasteiger partial charge in [0.25, 0.3) is 0 Å². The second kappa shape index (κ2) is 13.1. The van der Waals surface area contributed by atoms with Crippen LogP contribution in [0.25, 0.3) is 0 Å². The summed E-state index contributed by atoms with van der Waals surface area (Å²) in [7, 11) is 0. The van der Waals surface area contributed by atoms with E-state index in [1.807, 2.05) is 30.3 Å². The van der Waals surface area contributed by atoms with Crippen LogP contribution in [0.5, 0.6) is 0 Å². The summed E-state index contributed by atoms with van der Waals surface area (Å²) in [6.07, 6.45) is 3.94. The van der Waals surface area contributed by atoms with Gasteiger partial charge in [0.2, 0.25) is 11.8 Å². The second-order valence-corrected chi connectivity index (χ2v) is 9.38. The number of rotatable bonds is 9. The molecule has 3 amide bonds. The number of carboxylic acid groups (broad SMARTS) is 1. The van der Waals surface area contributed by atoms with Gasteiger partial charge in [-0.2, -0.15) is 0 Å². The standard InChI is InChI=1S/C25H36N4O6/c26-21(24(32)33)15-27-23(31)20-7-4-12-29(16-20)22(30)9-8-18-10-13-28(14-11-18)25(34)35-17-19-5-2-1-3-6-19/h1-3,5-6,18,20-21H,4,7-17,26H2,(H,27,31)(H,32,33)/t20-,21-/m1/s1. The lowest BCUT2D eigenvalue weighted by molar-refractivity contribution is -0.138. The summed E-state index contributed by atoms with van der Waals surface area (Å²) in [5.41, 5.74) is 6.39. The van der Waals surface area contributed by atoms with E-state index in [0.29, 0.717) is 44.9 Å². The molecule has 4 N–H and O–H groups in total. The number of piperidine rings is 2. The van der Waals surface area contributed by atoms with Crippen molar-refractivity contribution in [3.63, 3.8) is 0 Å². The fraction of sp³-hybridized carbons (Fsp3) is 0.600. The molecule has 10 nitrogen and oxygen atoms in total. The van der Waals surface area contributed by atoms with Gasteiger partial charge in [-0.1, -0.05) is 30.3 Å². The number of carbonyl (C=O) groups excluding carboxylic acids is 3. The summed E-state index contributed by atoms with van der Waals surface area (Å²) in [5, 5.41) is 11.4. The van der Waals surface area contributed by atoms with Crippen molar-refractivity contribution in [2.75, 3.05) is 32.7 Å². The van der Waals surface area contributed by atoms with Gasteiger partial charge in [0.05, 0.1) is 5.92 Å². The van der Waals surface area contributed by atoms with Crippen LogP contribution in [-0.2, 0) is 25.7 Å². The molecule has 10 heteroatoms. The molecule has 2 heterocycles. The second-order valence-electron chi connectivity index (χ2n) is 9.38. The van der Waals surface area contributed by atoms with E-state index in [1.54, 1.807) is 9.80 Å².